The van der Waals surface area contributed by atoms with Crippen LogP contribution in [0.2, 0.25) is 0 Å². The van der Waals surface area contributed by atoms with Crippen LogP contribution in [0.5, 0.6) is 0 Å². The number of likely N-dealkylation sites (tertiary alicyclic amines) is 1. The van der Waals surface area contributed by atoms with Crippen molar-refractivity contribution in [3.8, 4) is 0 Å². The van der Waals surface area contributed by atoms with E-state index in [1.165, 1.54) is 6.20 Å². The van der Waals surface area contributed by atoms with Gasteiger partial charge in [-0.15, -0.1) is 0 Å². The number of carbonyl (C=O) groups is 2. The molecule has 2 fully saturated rings. The van der Waals surface area contributed by atoms with E-state index in [9.17, 15) is 18.4 Å². The molecule has 1 saturated carbocycles. The Morgan fingerprint density at radius 1 is 1.26 bits per heavy atom. The maximum Gasteiger partial charge on any atom is 0.313 e. The lowest BCUT2D eigenvalue weighted by Gasteiger charge is -2.42. The molecule has 1 aromatic heterocycles. The summed E-state index contributed by atoms with van der Waals surface area (Å²) in [5.74, 6) is -3.54. The number of pyridine rings is 1. The predicted octanol–water partition coefficient (Wildman–Crippen LogP) is 3.12. The van der Waals surface area contributed by atoms with Crippen molar-refractivity contribution in [3.05, 3.63) is 17.8 Å². The number of amides is 2. The molecule has 8 heteroatoms. The standard InChI is InChI=1S/C19H26F2N4O2/c1-12-10-14(11-23-16(12)22)24-17(26)18(27)25-9-3-2-4-15(25)13-5-7-19(20,21)8-6-13/h10-11,13,15H,2-9H2,1H3,(H2,22,23)(H,24,26). The molecule has 2 amide bonds. The second kappa shape index (κ2) is 7.78. The van der Waals surface area contributed by atoms with E-state index in [4.69, 9.17) is 5.73 Å². The molecular weight excluding hydrogens is 354 g/mol. The van der Waals surface area contributed by atoms with Crippen molar-refractivity contribution >= 4 is 23.3 Å². The van der Waals surface area contributed by atoms with Gasteiger partial charge < -0.3 is 16.0 Å². The summed E-state index contributed by atoms with van der Waals surface area (Å²) in [5.41, 5.74) is 6.78. The van der Waals surface area contributed by atoms with Crippen LogP contribution >= 0.6 is 0 Å². The van der Waals surface area contributed by atoms with E-state index in [-0.39, 0.29) is 24.8 Å². The smallest absolute Gasteiger partial charge is 0.313 e. The van der Waals surface area contributed by atoms with Crippen molar-refractivity contribution in [1.82, 2.24) is 9.88 Å². The highest BCUT2D eigenvalue weighted by atomic mass is 19.3. The van der Waals surface area contributed by atoms with Crippen LogP contribution in [0, 0.1) is 12.8 Å². The molecule has 0 radical (unpaired) electrons. The minimum Gasteiger partial charge on any atom is -0.383 e. The highest BCUT2D eigenvalue weighted by Crippen LogP contribution is 2.40. The van der Waals surface area contributed by atoms with E-state index >= 15 is 0 Å². The fourth-order valence-corrected chi connectivity index (χ4v) is 4.12. The van der Waals surface area contributed by atoms with Crippen molar-refractivity contribution in [2.45, 2.75) is 63.8 Å². The molecule has 3 N–H and O–H groups in total. The van der Waals surface area contributed by atoms with E-state index in [0.29, 0.717) is 36.5 Å². The zero-order valence-corrected chi connectivity index (χ0v) is 15.5. The van der Waals surface area contributed by atoms with Crippen LogP contribution in [0.4, 0.5) is 20.3 Å². The first-order valence-corrected chi connectivity index (χ1v) is 9.49. The lowest BCUT2D eigenvalue weighted by molar-refractivity contribution is -0.147. The number of halogens is 2. The molecule has 148 valence electrons. The largest absolute Gasteiger partial charge is 0.383 e. The Labute approximate surface area is 157 Å². The fourth-order valence-electron chi connectivity index (χ4n) is 4.12. The molecule has 1 aliphatic heterocycles. The third kappa shape index (κ3) is 4.54. The number of nitrogen functional groups attached to an aromatic ring is 1. The van der Waals surface area contributed by atoms with Crippen LogP contribution in [0.1, 0.15) is 50.5 Å². The SMILES string of the molecule is Cc1cc(NC(=O)C(=O)N2CCCCC2C2CCC(F)(F)CC2)cnc1N. The molecule has 3 rings (SSSR count). The van der Waals surface area contributed by atoms with Gasteiger partial charge in [-0.1, -0.05) is 0 Å². The summed E-state index contributed by atoms with van der Waals surface area (Å²) in [7, 11) is 0. The highest BCUT2D eigenvalue weighted by molar-refractivity contribution is 6.39. The molecule has 1 atom stereocenters. The Kier molecular flexibility index (Phi) is 5.62. The van der Waals surface area contributed by atoms with Gasteiger partial charge in [-0.2, -0.15) is 0 Å². The Bertz CT molecular complexity index is 716. The molecular formula is C19H26F2N4O2. The van der Waals surface area contributed by atoms with E-state index in [1.807, 2.05) is 0 Å². The van der Waals surface area contributed by atoms with Crippen LogP contribution in [-0.2, 0) is 9.59 Å². The van der Waals surface area contributed by atoms with Crippen LogP contribution in [-0.4, -0.2) is 40.2 Å². The molecule has 1 aromatic rings. The van der Waals surface area contributed by atoms with E-state index in [1.54, 1.807) is 17.9 Å². The second-order valence-electron chi connectivity index (χ2n) is 7.64. The highest BCUT2D eigenvalue weighted by Gasteiger charge is 2.41. The molecule has 6 nitrogen and oxygen atoms in total. The van der Waals surface area contributed by atoms with Crippen molar-refractivity contribution in [2.24, 2.45) is 5.92 Å². The van der Waals surface area contributed by atoms with E-state index in [0.717, 1.165) is 19.3 Å². The van der Waals surface area contributed by atoms with Crippen LogP contribution in [0.25, 0.3) is 0 Å². The Morgan fingerprint density at radius 3 is 2.63 bits per heavy atom. The molecule has 0 spiro atoms. The third-order valence-corrected chi connectivity index (χ3v) is 5.69. The number of anilines is 2. The number of piperidine rings is 1. The van der Waals surface area contributed by atoms with Crippen LogP contribution < -0.4 is 11.1 Å². The normalized spacial score (nSPS) is 23.1. The molecule has 0 bridgehead atoms. The van der Waals surface area contributed by atoms with Gasteiger partial charge in [-0.05, 0) is 56.6 Å². The molecule has 2 aliphatic rings. The summed E-state index contributed by atoms with van der Waals surface area (Å²) in [4.78, 5) is 30.8. The average Bonchev–Trinajstić information content (AvgIpc) is 2.64. The predicted molar refractivity (Wildman–Crippen MR) is 98.3 cm³/mol. The Hall–Kier alpha value is -2.25. The maximum atomic E-state index is 13.5. The quantitative estimate of drug-likeness (QED) is 0.772. The van der Waals surface area contributed by atoms with Crippen molar-refractivity contribution in [1.29, 1.82) is 0 Å². The third-order valence-electron chi connectivity index (χ3n) is 5.69. The van der Waals surface area contributed by atoms with Gasteiger partial charge in [-0.3, -0.25) is 9.59 Å². The monoisotopic (exact) mass is 380 g/mol. The fraction of sp³-hybridized carbons (Fsp3) is 0.632. The minimum atomic E-state index is -2.60. The minimum absolute atomic E-state index is 0.0297. The number of nitrogens with zero attached hydrogens (tertiary/aromatic N) is 2. The summed E-state index contributed by atoms with van der Waals surface area (Å²) in [6.07, 6.45) is 4.44. The first-order valence-electron chi connectivity index (χ1n) is 9.49. The summed E-state index contributed by atoms with van der Waals surface area (Å²) in [6, 6.07) is 1.52. The van der Waals surface area contributed by atoms with Crippen molar-refractivity contribution < 1.29 is 18.4 Å². The summed E-state index contributed by atoms with van der Waals surface area (Å²) >= 11 is 0. The Balaban J connectivity index is 1.67. The number of hydrogen-bond acceptors (Lipinski definition) is 4. The molecule has 2 heterocycles. The summed E-state index contributed by atoms with van der Waals surface area (Å²) in [6.45, 7) is 2.25. The van der Waals surface area contributed by atoms with Gasteiger partial charge in [0, 0.05) is 25.4 Å². The summed E-state index contributed by atoms with van der Waals surface area (Å²) < 4.78 is 26.9. The van der Waals surface area contributed by atoms with Gasteiger partial charge in [0.15, 0.2) is 0 Å². The van der Waals surface area contributed by atoms with E-state index in [2.05, 4.69) is 10.3 Å². The second-order valence-corrected chi connectivity index (χ2v) is 7.64. The first-order chi connectivity index (χ1) is 12.8. The van der Waals surface area contributed by atoms with Crippen molar-refractivity contribution in [3.63, 3.8) is 0 Å². The number of aryl methyl sites for hydroxylation is 1. The number of rotatable bonds is 2. The van der Waals surface area contributed by atoms with Gasteiger partial charge in [0.25, 0.3) is 0 Å². The van der Waals surface area contributed by atoms with Gasteiger partial charge in [0.2, 0.25) is 5.92 Å². The molecule has 0 aromatic carbocycles. The number of alkyl halides is 2. The number of nitrogens with two attached hydrogens (primary N) is 1. The van der Waals surface area contributed by atoms with Gasteiger partial charge >= 0.3 is 11.8 Å². The zero-order valence-electron chi connectivity index (χ0n) is 15.5. The van der Waals surface area contributed by atoms with Crippen LogP contribution in [0.3, 0.4) is 0 Å². The Morgan fingerprint density at radius 2 is 1.96 bits per heavy atom. The number of carbonyl (C=O) groups excluding carboxylic acids is 2. The molecule has 27 heavy (non-hydrogen) atoms. The summed E-state index contributed by atoms with van der Waals surface area (Å²) in [5, 5.41) is 2.58. The van der Waals surface area contributed by atoms with Crippen molar-refractivity contribution in [2.75, 3.05) is 17.6 Å². The number of hydrogen-bond donors (Lipinski definition) is 2. The van der Waals surface area contributed by atoms with Gasteiger partial charge in [0.05, 0.1) is 11.9 Å². The molecule has 1 aliphatic carbocycles. The van der Waals surface area contributed by atoms with Gasteiger partial charge in [0.1, 0.15) is 5.82 Å². The molecule has 1 saturated heterocycles. The van der Waals surface area contributed by atoms with Gasteiger partial charge in [-0.25, -0.2) is 13.8 Å². The van der Waals surface area contributed by atoms with Crippen LogP contribution in [0.15, 0.2) is 12.3 Å². The number of aromatic nitrogens is 1. The lowest BCUT2D eigenvalue weighted by Crippen LogP contribution is -2.52. The zero-order chi connectivity index (χ0) is 19.6. The topological polar surface area (TPSA) is 88.3 Å². The maximum absolute atomic E-state index is 13.5. The first kappa shape index (κ1) is 19.5. The molecule has 1 unspecified atom stereocenters. The number of nitrogens with one attached hydrogen (secondary N) is 1. The van der Waals surface area contributed by atoms with E-state index < -0.39 is 17.7 Å². The lowest BCUT2D eigenvalue weighted by atomic mass is 9.78. The average molecular weight is 380 g/mol.